The van der Waals surface area contributed by atoms with Gasteiger partial charge in [-0.25, -0.2) is 0 Å². The van der Waals surface area contributed by atoms with Gasteiger partial charge in [0.1, 0.15) is 0 Å². The van der Waals surface area contributed by atoms with Gasteiger partial charge in [0.05, 0.1) is 0 Å². The van der Waals surface area contributed by atoms with E-state index < -0.39 is 0 Å². The zero-order valence-electron chi connectivity index (χ0n) is 9.41. The number of pyridine rings is 1. The van der Waals surface area contributed by atoms with E-state index in [1.54, 1.807) is 0 Å². The van der Waals surface area contributed by atoms with E-state index in [2.05, 4.69) is 18.0 Å². The average molecular weight is 205 g/mol. The lowest BCUT2D eigenvalue weighted by molar-refractivity contribution is 0.0464. The van der Waals surface area contributed by atoms with Crippen LogP contribution in [-0.4, -0.2) is 18.2 Å². The maximum absolute atomic E-state index is 5.47. The second-order valence-electron chi connectivity index (χ2n) is 4.38. The molecular formula is C13H19NO. The lowest BCUT2D eigenvalue weighted by atomic mass is 9.72. The molecule has 1 fully saturated rings. The third kappa shape index (κ3) is 2.20. The molecule has 0 radical (unpaired) electrons. The Balaban J connectivity index is 2.25. The van der Waals surface area contributed by atoms with Crippen molar-refractivity contribution in [3.63, 3.8) is 0 Å². The van der Waals surface area contributed by atoms with Gasteiger partial charge in [0.15, 0.2) is 0 Å². The fraction of sp³-hybridized carbons (Fsp3) is 0.615. The zero-order valence-corrected chi connectivity index (χ0v) is 9.41. The highest BCUT2D eigenvalue weighted by Crippen LogP contribution is 2.38. The van der Waals surface area contributed by atoms with E-state index in [0.717, 1.165) is 26.1 Å². The molecule has 0 N–H and O–H groups in total. The highest BCUT2D eigenvalue weighted by molar-refractivity contribution is 5.22. The molecule has 2 nitrogen and oxygen atoms in total. The minimum absolute atomic E-state index is 0.335. The van der Waals surface area contributed by atoms with Gasteiger partial charge in [-0.1, -0.05) is 19.4 Å². The van der Waals surface area contributed by atoms with E-state index in [0.29, 0.717) is 5.41 Å². The Morgan fingerprint density at radius 2 is 2.20 bits per heavy atom. The van der Waals surface area contributed by atoms with Crippen LogP contribution in [0.5, 0.6) is 0 Å². The summed E-state index contributed by atoms with van der Waals surface area (Å²) in [5.41, 5.74) is 1.73. The molecule has 1 aromatic heterocycles. The molecule has 0 saturated carbocycles. The minimum atomic E-state index is 0.335. The summed E-state index contributed by atoms with van der Waals surface area (Å²) in [5.74, 6) is 0. The van der Waals surface area contributed by atoms with Crippen LogP contribution in [0.4, 0.5) is 0 Å². The number of ether oxygens (including phenoxy) is 1. The smallest absolute Gasteiger partial charge is 0.0474 e. The van der Waals surface area contributed by atoms with Crippen molar-refractivity contribution in [1.82, 2.24) is 4.98 Å². The summed E-state index contributed by atoms with van der Waals surface area (Å²) in [5, 5.41) is 0. The minimum Gasteiger partial charge on any atom is -0.381 e. The molecule has 2 heteroatoms. The zero-order chi connectivity index (χ0) is 10.6. The van der Waals surface area contributed by atoms with Crippen LogP contribution in [-0.2, 0) is 10.2 Å². The number of aromatic nitrogens is 1. The van der Waals surface area contributed by atoms with Crippen LogP contribution < -0.4 is 0 Å². The van der Waals surface area contributed by atoms with Crippen LogP contribution in [0.1, 0.15) is 38.2 Å². The molecule has 0 unspecified atom stereocenters. The van der Waals surface area contributed by atoms with Crippen LogP contribution in [0, 0.1) is 0 Å². The Kier molecular flexibility index (Phi) is 3.37. The molecule has 0 atom stereocenters. The summed E-state index contributed by atoms with van der Waals surface area (Å²) in [6, 6.07) is 4.26. The van der Waals surface area contributed by atoms with E-state index in [4.69, 9.17) is 4.74 Å². The summed E-state index contributed by atoms with van der Waals surface area (Å²) in [4.78, 5) is 4.25. The lowest BCUT2D eigenvalue weighted by Crippen LogP contribution is -2.33. The second kappa shape index (κ2) is 4.75. The number of hydrogen-bond acceptors (Lipinski definition) is 2. The summed E-state index contributed by atoms with van der Waals surface area (Å²) in [6.07, 6.45) is 8.65. The predicted molar refractivity (Wildman–Crippen MR) is 60.9 cm³/mol. The highest BCUT2D eigenvalue weighted by atomic mass is 16.5. The first-order valence-electron chi connectivity index (χ1n) is 5.86. The molecule has 1 aliphatic rings. The molecule has 0 bridgehead atoms. The summed E-state index contributed by atoms with van der Waals surface area (Å²) in [7, 11) is 0. The molecule has 2 heterocycles. The Morgan fingerprint density at radius 3 is 2.80 bits per heavy atom. The van der Waals surface area contributed by atoms with Crippen molar-refractivity contribution < 1.29 is 4.74 Å². The molecule has 15 heavy (non-hydrogen) atoms. The largest absolute Gasteiger partial charge is 0.381 e. The number of rotatable bonds is 3. The van der Waals surface area contributed by atoms with E-state index in [-0.39, 0.29) is 0 Å². The van der Waals surface area contributed by atoms with Crippen LogP contribution in [0.3, 0.4) is 0 Å². The van der Waals surface area contributed by atoms with Gasteiger partial charge < -0.3 is 4.74 Å². The topological polar surface area (TPSA) is 22.1 Å². The van der Waals surface area contributed by atoms with E-state index in [1.165, 1.54) is 18.4 Å². The van der Waals surface area contributed by atoms with E-state index in [9.17, 15) is 0 Å². The molecule has 0 spiro atoms. The fourth-order valence-electron chi connectivity index (χ4n) is 2.60. The predicted octanol–water partition coefficient (Wildman–Crippen LogP) is 2.93. The van der Waals surface area contributed by atoms with Crippen LogP contribution >= 0.6 is 0 Å². The van der Waals surface area contributed by atoms with Crippen molar-refractivity contribution in [2.45, 2.75) is 38.0 Å². The number of hydrogen-bond donors (Lipinski definition) is 0. The molecule has 1 aromatic rings. The Morgan fingerprint density at radius 1 is 1.40 bits per heavy atom. The standard InChI is InChI=1S/C13H19NO/c1-2-5-13(6-9-15-10-7-13)12-4-3-8-14-11-12/h3-4,8,11H,2,5-7,9-10H2,1H3. The Hall–Kier alpha value is -0.890. The fourth-order valence-corrected chi connectivity index (χ4v) is 2.60. The molecule has 2 rings (SSSR count). The van der Waals surface area contributed by atoms with Gasteiger partial charge in [0.2, 0.25) is 0 Å². The maximum Gasteiger partial charge on any atom is 0.0474 e. The molecule has 0 amide bonds. The van der Waals surface area contributed by atoms with E-state index >= 15 is 0 Å². The maximum atomic E-state index is 5.47. The molecular weight excluding hydrogens is 186 g/mol. The van der Waals surface area contributed by atoms with Crippen molar-refractivity contribution >= 4 is 0 Å². The van der Waals surface area contributed by atoms with Gasteiger partial charge in [-0.2, -0.15) is 0 Å². The van der Waals surface area contributed by atoms with Crippen LogP contribution in [0.25, 0.3) is 0 Å². The van der Waals surface area contributed by atoms with Gasteiger partial charge in [-0.15, -0.1) is 0 Å². The SMILES string of the molecule is CCCC1(c2cccnc2)CCOCC1. The first kappa shape index (κ1) is 10.6. The Labute approximate surface area is 91.7 Å². The lowest BCUT2D eigenvalue weighted by Gasteiger charge is -2.37. The van der Waals surface area contributed by atoms with Crippen LogP contribution in [0.15, 0.2) is 24.5 Å². The second-order valence-corrected chi connectivity index (χ2v) is 4.38. The molecule has 1 aliphatic heterocycles. The first-order chi connectivity index (χ1) is 7.37. The monoisotopic (exact) mass is 205 g/mol. The molecule has 0 aliphatic carbocycles. The van der Waals surface area contributed by atoms with Crippen molar-refractivity contribution in [3.05, 3.63) is 30.1 Å². The van der Waals surface area contributed by atoms with E-state index in [1.807, 2.05) is 18.5 Å². The van der Waals surface area contributed by atoms with Crippen molar-refractivity contribution in [2.24, 2.45) is 0 Å². The third-order valence-corrected chi connectivity index (χ3v) is 3.45. The summed E-state index contributed by atoms with van der Waals surface area (Å²) >= 11 is 0. The normalized spacial score (nSPS) is 20.1. The van der Waals surface area contributed by atoms with Gasteiger partial charge in [-0.3, -0.25) is 4.98 Å². The number of nitrogens with zero attached hydrogens (tertiary/aromatic N) is 1. The third-order valence-electron chi connectivity index (χ3n) is 3.45. The van der Waals surface area contributed by atoms with Gasteiger partial charge in [0.25, 0.3) is 0 Å². The summed E-state index contributed by atoms with van der Waals surface area (Å²) in [6.45, 7) is 4.05. The van der Waals surface area contributed by atoms with Crippen molar-refractivity contribution in [3.8, 4) is 0 Å². The molecule has 0 aromatic carbocycles. The van der Waals surface area contributed by atoms with Gasteiger partial charge in [-0.05, 0) is 30.9 Å². The van der Waals surface area contributed by atoms with Crippen molar-refractivity contribution in [1.29, 1.82) is 0 Å². The first-order valence-corrected chi connectivity index (χ1v) is 5.86. The summed E-state index contributed by atoms with van der Waals surface area (Å²) < 4.78 is 5.47. The molecule has 1 saturated heterocycles. The van der Waals surface area contributed by atoms with Gasteiger partial charge >= 0.3 is 0 Å². The average Bonchev–Trinajstić information content (AvgIpc) is 2.32. The van der Waals surface area contributed by atoms with Crippen LogP contribution in [0.2, 0.25) is 0 Å². The van der Waals surface area contributed by atoms with Gasteiger partial charge in [0, 0.05) is 31.0 Å². The molecule has 82 valence electrons. The Bertz CT molecular complexity index is 285. The van der Waals surface area contributed by atoms with Crippen molar-refractivity contribution in [2.75, 3.05) is 13.2 Å². The quantitative estimate of drug-likeness (QED) is 0.757. The highest BCUT2D eigenvalue weighted by Gasteiger charge is 2.33.